The van der Waals surface area contributed by atoms with Crippen LogP contribution in [0.4, 0.5) is 0 Å². The van der Waals surface area contributed by atoms with E-state index in [4.69, 9.17) is 4.74 Å². The molecule has 4 rings (SSSR count). The number of rotatable bonds is 5. The Kier molecular flexibility index (Phi) is 4.16. The Morgan fingerprint density at radius 3 is 2.78 bits per heavy atom. The van der Waals surface area contributed by atoms with E-state index in [0.717, 1.165) is 23.2 Å². The number of Topliss-reactive ketones (excluding diaryl/α,β-unsaturated/α-hetero) is 1. The maximum absolute atomic E-state index is 13.0. The zero-order valence-electron chi connectivity index (χ0n) is 15.3. The average Bonchev–Trinajstić information content (AvgIpc) is 3.25. The Morgan fingerprint density at radius 1 is 1.37 bits per heavy atom. The topological polar surface area (TPSA) is 109 Å². The second kappa shape index (κ2) is 6.40. The molecule has 0 amide bonds. The lowest BCUT2D eigenvalue weighted by Crippen LogP contribution is -2.47. The van der Waals surface area contributed by atoms with Gasteiger partial charge in [-0.05, 0) is 32.6 Å². The normalized spacial score (nSPS) is 22.2. The summed E-state index contributed by atoms with van der Waals surface area (Å²) in [6, 6.07) is 0. The number of hydrogen-bond donors (Lipinski definition) is 0. The van der Waals surface area contributed by atoms with Crippen LogP contribution in [0.2, 0.25) is 0 Å². The fourth-order valence-corrected chi connectivity index (χ4v) is 3.77. The summed E-state index contributed by atoms with van der Waals surface area (Å²) in [5.41, 5.74) is -0.896. The lowest BCUT2D eigenvalue weighted by atomic mass is 9.78. The van der Waals surface area contributed by atoms with E-state index < -0.39 is 16.9 Å². The minimum absolute atomic E-state index is 0.0770. The Balaban J connectivity index is 1.94. The minimum atomic E-state index is -1.62. The predicted molar refractivity (Wildman–Crippen MR) is 93.5 cm³/mol. The van der Waals surface area contributed by atoms with Gasteiger partial charge in [-0.15, -0.1) is 5.10 Å². The van der Waals surface area contributed by atoms with Crippen molar-refractivity contribution in [1.82, 2.24) is 24.8 Å². The van der Waals surface area contributed by atoms with E-state index in [0.29, 0.717) is 18.0 Å². The highest BCUT2D eigenvalue weighted by molar-refractivity contribution is 6.11. The molecular formula is C18H21N5O4. The number of hydrogen-bond acceptors (Lipinski definition) is 7. The van der Waals surface area contributed by atoms with Crippen LogP contribution in [0.3, 0.4) is 0 Å². The number of esters is 1. The van der Waals surface area contributed by atoms with Gasteiger partial charge in [0.25, 0.3) is 5.56 Å². The zero-order valence-corrected chi connectivity index (χ0v) is 15.3. The largest absolute Gasteiger partial charge is 0.465 e. The molecule has 2 fully saturated rings. The number of aromatic nitrogens is 5. The Hall–Kier alpha value is -2.84. The van der Waals surface area contributed by atoms with Gasteiger partial charge < -0.3 is 4.74 Å². The molecule has 0 N–H and O–H groups in total. The summed E-state index contributed by atoms with van der Waals surface area (Å²) in [5.74, 6) is -0.596. The highest BCUT2D eigenvalue weighted by Crippen LogP contribution is 2.41. The van der Waals surface area contributed by atoms with E-state index in [1.807, 2.05) is 0 Å². The molecule has 9 heteroatoms. The standard InChI is InChI=1S/C18H21N5O4/c1-3-27-17(26)18(8-4-5-14(18)24)15-13(9-19-22(2)16(15)25)23-10-12(20-21-23)11-6-7-11/h9-11H,3-8H2,1-2H3. The third kappa shape index (κ3) is 2.68. The van der Waals surface area contributed by atoms with Crippen molar-refractivity contribution in [3.8, 4) is 5.69 Å². The van der Waals surface area contributed by atoms with E-state index >= 15 is 0 Å². The van der Waals surface area contributed by atoms with E-state index in [1.165, 1.54) is 17.9 Å². The highest BCUT2D eigenvalue weighted by Gasteiger charge is 2.54. The van der Waals surface area contributed by atoms with E-state index in [9.17, 15) is 14.4 Å². The van der Waals surface area contributed by atoms with Crippen LogP contribution in [-0.4, -0.2) is 43.1 Å². The maximum Gasteiger partial charge on any atom is 0.324 e. The molecule has 2 saturated carbocycles. The molecule has 2 aromatic heterocycles. The van der Waals surface area contributed by atoms with E-state index in [-0.39, 0.29) is 30.8 Å². The van der Waals surface area contributed by atoms with Crippen LogP contribution in [0.25, 0.3) is 5.69 Å². The second-order valence-corrected chi connectivity index (χ2v) is 7.10. The zero-order chi connectivity index (χ0) is 19.2. The van der Waals surface area contributed by atoms with Gasteiger partial charge >= 0.3 is 5.97 Å². The van der Waals surface area contributed by atoms with Crippen LogP contribution in [0.15, 0.2) is 17.2 Å². The van der Waals surface area contributed by atoms with Crippen molar-refractivity contribution in [2.45, 2.75) is 50.4 Å². The summed E-state index contributed by atoms with van der Waals surface area (Å²) in [4.78, 5) is 38.8. The van der Waals surface area contributed by atoms with Crippen LogP contribution in [0, 0.1) is 0 Å². The average molecular weight is 371 g/mol. The first kappa shape index (κ1) is 17.6. The molecule has 0 radical (unpaired) electrons. The van der Waals surface area contributed by atoms with Crippen molar-refractivity contribution in [3.63, 3.8) is 0 Å². The van der Waals surface area contributed by atoms with Gasteiger partial charge in [0.05, 0.1) is 35.9 Å². The quantitative estimate of drug-likeness (QED) is 0.565. The van der Waals surface area contributed by atoms with Crippen molar-refractivity contribution in [1.29, 1.82) is 0 Å². The van der Waals surface area contributed by atoms with E-state index in [1.54, 1.807) is 13.1 Å². The smallest absolute Gasteiger partial charge is 0.324 e. The van der Waals surface area contributed by atoms with Crippen molar-refractivity contribution >= 4 is 11.8 Å². The first-order chi connectivity index (χ1) is 13.0. The van der Waals surface area contributed by atoms with Crippen LogP contribution in [0.5, 0.6) is 0 Å². The molecule has 9 nitrogen and oxygen atoms in total. The lowest BCUT2D eigenvalue weighted by Gasteiger charge is -2.26. The van der Waals surface area contributed by atoms with E-state index in [2.05, 4.69) is 15.4 Å². The fourth-order valence-electron chi connectivity index (χ4n) is 3.77. The number of ether oxygens (including phenoxy) is 1. The third-order valence-corrected chi connectivity index (χ3v) is 5.35. The summed E-state index contributed by atoms with van der Waals surface area (Å²) in [6.45, 7) is 1.81. The molecule has 1 atom stereocenters. The van der Waals surface area contributed by atoms with Crippen molar-refractivity contribution in [3.05, 3.63) is 34.0 Å². The molecule has 2 aliphatic rings. The van der Waals surface area contributed by atoms with Gasteiger partial charge in [-0.1, -0.05) is 5.21 Å². The maximum atomic E-state index is 13.0. The molecule has 2 aliphatic carbocycles. The Morgan fingerprint density at radius 2 is 2.15 bits per heavy atom. The summed E-state index contributed by atoms with van der Waals surface area (Å²) < 4.78 is 7.80. The fraction of sp³-hybridized carbons (Fsp3) is 0.556. The predicted octanol–water partition coefficient (Wildman–Crippen LogP) is 0.792. The SMILES string of the molecule is CCOC(=O)C1(c2c(-n3cc(C4CC4)nn3)cnn(C)c2=O)CCCC1=O. The third-order valence-electron chi connectivity index (χ3n) is 5.35. The molecule has 142 valence electrons. The van der Waals surface area contributed by atoms with Crippen LogP contribution < -0.4 is 5.56 Å². The summed E-state index contributed by atoms with van der Waals surface area (Å²) in [5, 5.41) is 12.4. The molecule has 27 heavy (non-hydrogen) atoms. The Bertz CT molecular complexity index is 974. The van der Waals surface area contributed by atoms with Crippen LogP contribution >= 0.6 is 0 Å². The van der Waals surface area contributed by atoms with Crippen molar-refractivity contribution in [2.75, 3.05) is 6.61 Å². The summed E-state index contributed by atoms with van der Waals surface area (Å²) in [6.07, 6.45) is 6.31. The molecule has 2 aromatic rings. The minimum Gasteiger partial charge on any atom is -0.465 e. The Labute approximate surface area is 155 Å². The second-order valence-electron chi connectivity index (χ2n) is 7.10. The number of carbonyl (C=O) groups is 2. The summed E-state index contributed by atoms with van der Waals surface area (Å²) >= 11 is 0. The first-order valence-electron chi connectivity index (χ1n) is 9.19. The van der Waals surface area contributed by atoms with Crippen molar-refractivity contribution < 1.29 is 14.3 Å². The van der Waals surface area contributed by atoms with Gasteiger partial charge in [0.1, 0.15) is 0 Å². The van der Waals surface area contributed by atoms with Gasteiger partial charge in [-0.3, -0.25) is 14.4 Å². The highest BCUT2D eigenvalue weighted by atomic mass is 16.5. The van der Waals surface area contributed by atoms with Gasteiger partial charge in [-0.25, -0.2) is 9.36 Å². The molecule has 0 aromatic carbocycles. The number of ketones is 1. The van der Waals surface area contributed by atoms with Crippen molar-refractivity contribution in [2.24, 2.45) is 7.05 Å². The molecule has 0 spiro atoms. The molecule has 2 heterocycles. The van der Waals surface area contributed by atoms with Gasteiger partial charge in [0, 0.05) is 19.4 Å². The molecule has 0 bridgehead atoms. The lowest BCUT2D eigenvalue weighted by molar-refractivity contribution is -0.153. The van der Waals surface area contributed by atoms with Gasteiger partial charge in [-0.2, -0.15) is 5.10 Å². The molecule has 0 aliphatic heterocycles. The monoisotopic (exact) mass is 371 g/mol. The number of carbonyl (C=O) groups excluding carboxylic acids is 2. The molecule has 0 saturated heterocycles. The number of aryl methyl sites for hydroxylation is 1. The summed E-state index contributed by atoms with van der Waals surface area (Å²) in [7, 11) is 1.49. The van der Waals surface area contributed by atoms with Crippen LogP contribution in [-0.2, 0) is 26.8 Å². The van der Waals surface area contributed by atoms with Crippen LogP contribution in [0.1, 0.15) is 56.2 Å². The number of nitrogens with zero attached hydrogens (tertiary/aromatic N) is 5. The molecular weight excluding hydrogens is 350 g/mol. The van der Waals surface area contributed by atoms with Gasteiger partial charge in [0.15, 0.2) is 11.2 Å². The molecule has 1 unspecified atom stereocenters. The first-order valence-corrected chi connectivity index (χ1v) is 9.19. The van der Waals surface area contributed by atoms with Gasteiger partial charge in [0.2, 0.25) is 0 Å².